The number of aliphatic hydroxyl groups excluding tert-OH is 1. The molecule has 2 aromatic rings. The van der Waals surface area contributed by atoms with Crippen molar-refractivity contribution in [2.45, 2.75) is 20.0 Å². The molecule has 0 radical (unpaired) electrons. The van der Waals surface area contributed by atoms with Crippen LogP contribution in [0.5, 0.6) is 5.75 Å². The Labute approximate surface area is 182 Å². The van der Waals surface area contributed by atoms with Crippen LogP contribution in [0.1, 0.15) is 25.5 Å². The lowest BCUT2D eigenvalue weighted by Gasteiger charge is -2.36. The van der Waals surface area contributed by atoms with E-state index < -0.39 is 6.10 Å². The molecule has 2 unspecified atom stereocenters. The van der Waals surface area contributed by atoms with Crippen molar-refractivity contribution < 1.29 is 15.0 Å². The summed E-state index contributed by atoms with van der Waals surface area (Å²) in [5.74, 6) is 0.368. The second-order valence-electron chi connectivity index (χ2n) is 7.24. The number of carbonyl (C=O) groups is 1. The number of piperazine rings is 1. The third kappa shape index (κ3) is 7.52. The summed E-state index contributed by atoms with van der Waals surface area (Å²) in [6, 6.07) is 14.0. The molecule has 0 aromatic heterocycles. The first-order valence-electron chi connectivity index (χ1n) is 9.62. The van der Waals surface area contributed by atoms with Gasteiger partial charge in [0, 0.05) is 39.6 Å². The van der Waals surface area contributed by atoms with Crippen LogP contribution >= 0.6 is 23.2 Å². The summed E-state index contributed by atoms with van der Waals surface area (Å²) < 4.78 is 0. The van der Waals surface area contributed by atoms with Gasteiger partial charge < -0.3 is 15.1 Å². The van der Waals surface area contributed by atoms with Crippen molar-refractivity contribution in [2.75, 3.05) is 32.7 Å². The van der Waals surface area contributed by atoms with Crippen LogP contribution in [0.25, 0.3) is 0 Å². The molecule has 2 atom stereocenters. The third-order valence-electron chi connectivity index (χ3n) is 4.94. The molecular formula is C22H28Cl2N2O3. The fourth-order valence-corrected chi connectivity index (χ4v) is 3.50. The lowest BCUT2D eigenvalue weighted by atomic mass is 9.96. The summed E-state index contributed by atoms with van der Waals surface area (Å²) in [6.45, 7) is 7.58. The maximum Gasteiger partial charge on any atom is 0.219 e. The number of phenolic OH excluding ortho intramolecular Hbond substituents is 1. The smallest absolute Gasteiger partial charge is 0.219 e. The van der Waals surface area contributed by atoms with E-state index in [0.717, 1.165) is 38.3 Å². The first kappa shape index (κ1) is 23.5. The molecule has 1 heterocycles. The molecule has 1 aliphatic rings. The highest BCUT2D eigenvalue weighted by atomic mass is 35.5. The van der Waals surface area contributed by atoms with E-state index in [0.29, 0.717) is 10.0 Å². The SMILES string of the molecule is CC(=O)N1CCN(CC(C)C(O)c2cccc(O)c2)CC1.Clc1ccccc1Cl. The highest BCUT2D eigenvalue weighted by Crippen LogP contribution is 2.25. The minimum atomic E-state index is -0.595. The van der Waals surface area contributed by atoms with Gasteiger partial charge in [-0.15, -0.1) is 0 Å². The molecule has 0 aliphatic carbocycles. The summed E-state index contributed by atoms with van der Waals surface area (Å²) >= 11 is 11.2. The molecule has 7 heteroatoms. The summed E-state index contributed by atoms with van der Waals surface area (Å²) in [5, 5.41) is 21.1. The predicted molar refractivity (Wildman–Crippen MR) is 117 cm³/mol. The zero-order valence-electron chi connectivity index (χ0n) is 16.8. The lowest BCUT2D eigenvalue weighted by Crippen LogP contribution is -2.49. The molecular weight excluding hydrogens is 411 g/mol. The quantitative estimate of drug-likeness (QED) is 0.749. The van der Waals surface area contributed by atoms with Gasteiger partial charge in [-0.3, -0.25) is 9.69 Å². The third-order valence-corrected chi connectivity index (χ3v) is 5.69. The van der Waals surface area contributed by atoms with Crippen LogP contribution in [0.3, 0.4) is 0 Å². The maximum atomic E-state index is 11.3. The van der Waals surface area contributed by atoms with Crippen LogP contribution in [0.4, 0.5) is 0 Å². The summed E-state index contributed by atoms with van der Waals surface area (Å²) in [5.41, 5.74) is 0.741. The predicted octanol–water partition coefficient (Wildman–Crippen LogP) is 4.22. The van der Waals surface area contributed by atoms with Crippen molar-refractivity contribution >= 4 is 29.1 Å². The number of aliphatic hydroxyl groups is 1. The maximum absolute atomic E-state index is 11.3. The number of nitrogens with zero attached hydrogens (tertiary/aromatic N) is 2. The Morgan fingerprint density at radius 2 is 1.62 bits per heavy atom. The van der Waals surface area contributed by atoms with E-state index in [1.807, 2.05) is 30.0 Å². The van der Waals surface area contributed by atoms with E-state index in [1.165, 1.54) is 0 Å². The van der Waals surface area contributed by atoms with Gasteiger partial charge in [0.2, 0.25) is 5.91 Å². The minimum absolute atomic E-state index is 0.0654. The Balaban J connectivity index is 0.000000313. The largest absolute Gasteiger partial charge is 0.508 e. The van der Waals surface area contributed by atoms with E-state index in [4.69, 9.17) is 23.2 Å². The van der Waals surface area contributed by atoms with Crippen molar-refractivity contribution in [3.63, 3.8) is 0 Å². The van der Waals surface area contributed by atoms with Crippen molar-refractivity contribution in [1.29, 1.82) is 0 Å². The molecule has 1 fully saturated rings. The summed E-state index contributed by atoms with van der Waals surface area (Å²) in [6.07, 6.45) is -0.595. The van der Waals surface area contributed by atoms with Crippen LogP contribution in [-0.4, -0.2) is 58.6 Å². The van der Waals surface area contributed by atoms with Gasteiger partial charge in [0.05, 0.1) is 16.1 Å². The topological polar surface area (TPSA) is 64.0 Å². The standard InChI is InChI=1S/C16H24N2O3.C6H4Cl2/c1-12(16(21)14-4-3-5-15(20)10-14)11-17-6-8-18(9-7-17)13(2)19;7-5-3-1-2-4-6(5)8/h3-5,10,12,16,20-21H,6-9,11H2,1-2H3;1-4H. The molecule has 0 saturated carbocycles. The average Bonchev–Trinajstić information content (AvgIpc) is 2.70. The van der Waals surface area contributed by atoms with Crippen LogP contribution in [-0.2, 0) is 4.79 Å². The van der Waals surface area contributed by atoms with E-state index in [9.17, 15) is 15.0 Å². The lowest BCUT2D eigenvalue weighted by molar-refractivity contribution is -0.130. The normalized spacial score (nSPS) is 16.5. The molecule has 2 N–H and O–H groups in total. The highest BCUT2D eigenvalue weighted by molar-refractivity contribution is 6.41. The Morgan fingerprint density at radius 1 is 1.03 bits per heavy atom. The van der Waals surface area contributed by atoms with E-state index in [-0.39, 0.29) is 17.6 Å². The number of benzene rings is 2. The molecule has 1 aliphatic heterocycles. The number of hydrogen-bond donors (Lipinski definition) is 2. The molecule has 158 valence electrons. The Bertz CT molecular complexity index is 774. The van der Waals surface area contributed by atoms with Crippen LogP contribution in [0.15, 0.2) is 48.5 Å². The molecule has 5 nitrogen and oxygen atoms in total. The fraction of sp³-hybridized carbons (Fsp3) is 0.409. The van der Waals surface area contributed by atoms with Gasteiger partial charge in [0.15, 0.2) is 0 Å². The van der Waals surface area contributed by atoms with Crippen LogP contribution in [0, 0.1) is 5.92 Å². The van der Waals surface area contributed by atoms with Crippen molar-refractivity contribution in [3.05, 3.63) is 64.1 Å². The van der Waals surface area contributed by atoms with Crippen molar-refractivity contribution in [2.24, 2.45) is 5.92 Å². The van der Waals surface area contributed by atoms with Crippen molar-refractivity contribution in [1.82, 2.24) is 9.80 Å². The van der Waals surface area contributed by atoms with E-state index in [1.54, 1.807) is 37.3 Å². The Kier molecular flexibility index (Phi) is 9.24. The van der Waals surface area contributed by atoms with Gasteiger partial charge in [-0.1, -0.05) is 54.4 Å². The first-order valence-corrected chi connectivity index (χ1v) is 10.4. The Morgan fingerprint density at radius 3 is 2.10 bits per heavy atom. The number of rotatable bonds is 4. The highest BCUT2D eigenvalue weighted by Gasteiger charge is 2.23. The van der Waals surface area contributed by atoms with Crippen LogP contribution in [0.2, 0.25) is 10.0 Å². The second kappa shape index (κ2) is 11.4. The minimum Gasteiger partial charge on any atom is -0.508 e. The number of hydrogen-bond acceptors (Lipinski definition) is 4. The van der Waals surface area contributed by atoms with Gasteiger partial charge >= 0.3 is 0 Å². The monoisotopic (exact) mass is 438 g/mol. The molecule has 29 heavy (non-hydrogen) atoms. The number of phenols is 1. The van der Waals surface area contributed by atoms with Gasteiger partial charge in [0.1, 0.15) is 5.75 Å². The zero-order chi connectivity index (χ0) is 21.4. The van der Waals surface area contributed by atoms with Crippen molar-refractivity contribution in [3.8, 4) is 5.75 Å². The first-order chi connectivity index (χ1) is 13.8. The molecule has 0 bridgehead atoms. The number of carbonyl (C=O) groups excluding carboxylic acids is 1. The molecule has 3 rings (SSSR count). The summed E-state index contributed by atoms with van der Waals surface area (Å²) in [7, 11) is 0. The average molecular weight is 439 g/mol. The second-order valence-corrected chi connectivity index (χ2v) is 8.05. The van der Waals surface area contributed by atoms with E-state index in [2.05, 4.69) is 4.90 Å². The Hall–Kier alpha value is -1.79. The van der Waals surface area contributed by atoms with Crippen LogP contribution < -0.4 is 0 Å². The number of amides is 1. The molecule has 1 amide bonds. The van der Waals surface area contributed by atoms with Gasteiger partial charge in [0.25, 0.3) is 0 Å². The summed E-state index contributed by atoms with van der Waals surface area (Å²) in [4.78, 5) is 15.4. The van der Waals surface area contributed by atoms with Gasteiger partial charge in [-0.05, 0) is 35.7 Å². The zero-order valence-corrected chi connectivity index (χ0v) is 18.3. The molecule has 2 aromatic carbocycles. The van der Waals surface area contributed by atoms with E-state index >= 15 is 0 Å². The molecule has 0 spiro atoms. The fourth-order valence-electron chi connectivity index (χ4n) is 3.23. The van der Waals surface area contributed by atoms with Gasteiger partial charge in [-0.2, -0.15) is 0 Å². The van der Waals surface area contributed by atoms with Gasteiger partial charge in [-0.25, -0.2) is 0 Å². The number of aromatic hydroxyl groups is 1. The molecule has 1 saturated heterocycles. The number of halogens is 2.